The molecular weight excluding hydrogens is 540 g/mol. The minimum Gasteiger partial charge on any atom is -0.317 e. The predicted octanol–water partition coefficient (Wildman–Crippen LogP) is 10.6. The lowest BCUT2D eigenvalue weighted by atomic mass is 9.85. The first-order chi connectivity index (χ1) is 18.7. The molecule has 0 amide bonds. The summed E-state index contributed by atoms with van der Waals surface area (Å²) in [6.45, 7) is 18.4. The van der Waals surface area contributed by atoms with E-state index in [4.69, 9.17) is 0 Å². The Morgan fingerprint density at radius 2 is 0.974 bits per heavy atom. The van der Waals surface area contributed by atoms with Gasteiger partial charge in [-0.1, -0.05) is 42.5 Å². The van der Waals surface area contributed by atoms with Crippen LogP contribution in [0.4, 0.5) is 0 Å². The maximum absolute atomic E-state index is 4.25. The average molecular weight is 572 g/mol. The van der Waals surface area contributed by atoms with E-state index in [9.17, 15) is 0 Å². The lowest BCUT2D eigenvalue weighted by molar-refractivity contribution is 1.04. The van der Waals surface area contributed by atoms with Crippen molar-refractivity contribution < 1.29 is 0 Å². The highest BCUT2D eigenvalue weighted by atomic mass is 79.9. The van der Waals surface area contributed by atoms with E-state index in [0.717, 1.165) is 0 Å². The average Bonchev–Trinajstić information content (AvgIpc) is 3.54. The molecule has 0 spiro atoms. The van der Waals surface area contributed by atoms with Gasteiger partial charge in [-0.15, -0.1) is 0 Å². The molecule has 4 aromatic carbocycles. The second kappa shape index (κ2) is 7.34. The Morgan fingerprint density at radius 3 is 1.62 bits per heavy atom. The molecule has 0 unspecified atom stereocenters. The Kier molecular flexibility index (Phi) is 4.39. The Hall–Kier alpha value is -3.56. The number of benzene rings is 4. The number of halogens is 1. The van der Waals surface area contributed by atoms with Crippen LogP contribution < -0.4 is 0 Å². The molecule has 2 nitrogen and oxygen atoms in total. The van der Waals surface area contributed by atoms with Crippen molar-refractivity contribution in [2.24, 2.45) is 0 Å². The van der Waals surface area contributed by atoms with Crippen molar-refractivity contribution in [1.29, 1.82) is 0 Å². The van der Waals surface area contributed by atoms with Gasteiger partial charge in [-0.25, -0.2) is 0 Å². The quantitative estimate of drug-likeness (QED) is 0.185. The molecule has 0 saturated heterocycles. The third kappa shape index (κ3) is 2.46. The van der Waals surface area contributed by atoms with E-state index in [1.807, 2.05) is 0 Å². The Bertz CT molecular complexity index is 2350. The first kappa shape index (κ1) is 23.3. The third-order valence-corrected chi connectivity index (χ3v) is 10.9. The lowest BCUT2D eigenvalue weighted by Crippen LogP contribution is -1.92. The van der Waals surface area contributed by atoms with Crippen LogP contribution in [0.15, 0.2) is 46.9 Å². The van der Waals surface area contributed by atoms with E-state index < -0.39 is 0 Å². The van der Waals surface area contributed by atoms with Gasteiger partial charge in [0.2, 0.25) is 0 Å². The molecule has 192 valence electrons. The summed E-state index contributed by atoms with van der Waals surface area (Å²) in [6, 6.07) is 15.7. The highest BCUT2D eigenvalue weighted by Gasteiger charge is 2.31. The zero-order valence-corrected chi connectivity index (χ0v) is 25.4. The van der Waals surface area contributed by atoms with Crippen LogP contribution in [0.1, 0.15) is 45.0 Å². The van der Waals surface area contributed by atoms with Crippen LogP contribution in [0, 0.1) is 55.4 Å². The number of rotatable bonds is 1. The van der Waals surface area contributed by atoms with Crippen molar-refractivity contribution in [3.8, 4) is 11.1 Å². The monoisotopic (exact) mass is 570 g/mol. The van der Waals surface area contributed by atoms with Crippen molar-refractivity contribution >= 4 is 70.1 Å². The summed E-state index contributed by atoms with van der Waals surface area (Å²) < 4.78 is 6.26. The second-order valence-corrected chi connectivity index (χ2v) is 12.5. The molecule has 0 aliphatic rings. The van der Waals surface area contributed by atoms with Crippen LogP contribution in [0.3, 0.4) is 0 Å². The summed E-state index contributed by atoms with van der Waals surface area (Å²) in [5.41, 5.74) is 16.3. The molecule has 0 aliphatic carbocycles. The molecule has 3 heteroatoms. The van der Waals surface area contributed by atoms with Crippen LogP contribution in [0.25, 0.3) is 65.3 Å². The molecule has 0 atom stereocenters. The van der Waals surface area contributed by atoms with E-state index in [0.29, 0.717) is 0 Å². The van der Waals surface area contributed by atoms with Gasteiger partial charge in [0.15, 0.2) is 0 Å². The highest BCUT2D eigenvalue weighted by molar-refractivity contribution is 9.10. The maximum atomic E-state index is 4.25. The van der Waals surface area contributed by atoms with Crippen LogP contribution in [-0.4, -0.2) is 8.80 Å². The number of nitrogens with zero attached hydrogens (tertiary/aromatic N) is 2. The molecule has 0 aliphatic heterocycles. The van der Waals surface area contributed by atoms with Gasteiger partial charge in [-0.05, 0) is 110 Å². The van der Waals surface area contributed by atoms with Crippen molar-refractivity contribution in [2.75, 3.05) is 0 Å². The summed E-state index contributed by atoms with van der Waals surface area (Å²) >= 11 is 4.25. The number of hydrogen-bond acceptors (Lipinski definition) is 0. The van der Waals surface area contributed by atoms with Crippen molar-refractivity contribution in [1.82, 2.24) is 8.80 Å². The van der Waals surface area contributed by atoms with Crippen molar-refractivity contribution in [2.45, 2.75) is 55.4 Å². The summed E-state index contributed by atoms with van der Waals surface area (Å²) in [6.07, 6.45) is 0. The molecule has 39 heavy (non-hydrogen) atoms. The number of fused-ring (bicyclic) bond motifs is 4. The largest absolute Gasteiger partial charge is 0.317 e. The van der Waals surface area contributed by atoms with Gasteiger partial charge in [0.05, 0.1) is 11.0 Å². The van der Waals surface area contributed by atoms with E-state index in [-0.39, 0.29) is 0 Å². The smallest absolute Gasteiger partial charge is 0.0624 e. The second-order valence-electron chi connectivity index (χ2n) is 11.7. The Morgan fingerprint density at radius 1 is 0.487 bits per heavy atom. The van der Waals surface area contributed by atoms with Crippen LogP contribution in [-0.2, 0) is 0 Å². The van der Waals surface area contributed by atoms with E-state index in [2.05, 4.69) is 123 Å². The van der Waals surface area contributed by atoms with Gasteiger partial charge < -0.3 is 8.80 Å². The van der Waals surface area contributed by atoms with Gasteiger partial charge in [0.25, 0.3) is 0 Å². The van der Waals surface area contributed by atoms with E-state index in [1.54, 1.807) is 0 Å². The fourth-order valence-electron chi connectivity index (χ4n) is 7.84. The van der Waals surface area contributed by atoms with Crippen molar-refractivity contribution in [3.63, 3.8) is 0 Å². The van der Waals surface area contributed by atoms with Crippen LogP contribution >= 0.6 is 15.9 Å². The summed E-state index contributed by atoms with van der Waals surface area (Å²) in [5.74, 6) is 0. The van der Waals surface area contributed by atoms with E-state index in [1.165, 1.54) is 115 Å². The van der Waals surface area contributed by atoms with Gasteiger partial charge in [0, 0.05) is 65.1 Å². The maximum Gasteiger partial charge on any atom is 0.0624 e. The molecule has 4 heterocycles. The topological polar surface area (TPSA) is 8.82 Å². The molecule has 0 radical (unpaired) electrons. The summed E-state index contributed by atoms with van der Waals surface area (Å²) in [4.78, 5) is 0. The fraction of sp³-hybridized carbons (Fsp3) is 0.222. The molecule has 0 saturated carbocycles. The molecule has 4 aromatic heterocycles. The van der Waals surface area contributed by atoms with Crippen LogP contribution in [0.5, 0.6) is 0 Å². The van der Waals surface area contributed by atoms with Crippen LogP contribution in [0.2, 0.25) is 0 Å². The zero-order chi connectivity index (χ0) is 27.2. The van der Waals surface area contributed by atoms with Gasteiger partial charge >= 0.3 is 0 Å². The predicted molar refractivity (Wildman–Crippen MR) is 172 cm³/mol. The molecule has 8 rings (SSSR count). The Labute approximate surface area is 236 Å². The molecular formula is C36H31BrN2. The van der Waals surface area contributed by atoms with Crippen molar-refractivity contribution in [3.05, 3.63) is 92.0 Å². The minimum atomic E-state index is 1.23. The lowest BCUT2D eigenvalue weighted by Gasteiger charge is -2.18. The minimum absolute atomic E-state index is 1.23. The number of aryl methyl sites for hydroxylation is 8. The first-order valence-electron chi connectivity index (χ1n) is 13.9. The number of aromatic nitrogens is 2. The van der Waals surface area contributed by atoms with Gasteiger partial charge in [-0.2, -0.15) is 0 Å². The first-order valence-corrected chi connectivity index (χ1v) is 14.6. The zero-order valence-electron chi connectivity index (χ0n) is 23.8. The molecule has 0 N–H and O–H groups in total. The molecule has 0 bridgehead atoms. The standard InChI is InChI=1S/C36H31BrN2/c1-16-20(5)38-22(7)18(3)29-33-32(28-17(2)21(6)39-23(8)19(4)30(34(33)37)36(28)39)31(27(16)35(29)38)26-15-11-13-24-12-9-10-14-25(24)26/h9-15H,1-8H3. The van der Waals surface area contributed by atoms with E-state index >= 15 is 0 Å². The number of hydrogen-bond donors (Lipinski definition) is 0. The highest BCUT2D eigenvalue weighted by Crippen LogP contribution is 2.54. The van der Waals surface area contributed by atoms with Gasteiger partial charge in [-0.3, -0.25) is 0 Å². The molecule has 0 fully saturated rings. The summed E-state index contributed by atoms with van der Waals surface area (Å²) in [7, 11) is 0. The SMILES string of the molecule is Cc1c(C)n2c(C)c(C)c3c4c(Br)c5c(C)c(C)n6c(C)c(C)c(c4c(-c4cccc7ccccc47)c1c32)c56. The fourth-order valence-corrected chi connectivity index (χ4v) is 8.73. The van der Waals surface area contributed by atoms with Gasteiger partial charge in [0.1, 0.15) is 0 Å². The normalized spacial score (nSPS) is 12.7. The third-order valence-electron chi connectivity index (χ3n) is 10.2. The summed E-state index contributed by atoms with van der Waals surface area (Å²) in [5, 5.41) is 10.9. The Balaban J connectivity index is 1.84. The molecule has 8 aromatic rings.